The lowest BCUT2D eigenvalue weighted by atomic mass is 10.1. The van der Waals surface area contributed by atoms with E-state index in [1.165, 1.54) is 11.0 Å². The van der Waals surface area contributed by atoms with E-state index in [1.807, 2.05) is 0 Å². The highest BCUT2D eigenvalue weighted by atomic mass is 79.9. The second kappa shape index (κ2) is 7.51. The highest BCUT2D eigenvalue weighted by molar-refractivity contribution is 9.10. The molecule has 0 aliphatic rings. The first-order valence-corrected chi connectivity index (χ1v) is 8.12. The summed E-state index contributed by atoms with van der Waals surface area (Å²) in [5, 5.41) is 0. The third kappa shape index (κ3) is 5.09. The first-order valence-electron chi connectivity index (χ1n) is 7.32. The molecule has 0 aromatic heterocycles. The van der Waals surface area contributed by atoms with E-state index in [1.54, 1.807) is 46.8 Å². The molecule has 1 aromatic carbocycles. The number of hydrogen-bond donors (Lipinski definition) is 0. The average molecular weight is 392 g/mol. The van der Waals surface area contributed by atoms with Crippen LogP contribution in [0.5, 0.6) is 0 Å². The maximum absolute atomic E-state index is 13.4. The van der Waals surface area contributed by atoms with Crippen LogP contribution in [0.25, 0.3) is 0 Å². The fraction of sp³-hybridized carbons (Fsp3) is 0.471. The Kier molecular flexibility index (Phi) is 6.45. The summed E-state index contributed by atoms with van der Waals surface area (Å²) in [5.41, 5.74) is 0.121. The van der Waals surface area contributed by atoms with Gasteiger partial charge in [-0.3, -0.25) is 4.79 Å². The third-order valence-electron chi connectivity index (χ3n) is 3.39. The molecule has 0 bridgehead atoms. The molecule has 128 valence electrons. The van der Waals surface area contributed by atoms with Crippen molar-refractivity contribution in [2.45, 2.75) is 52.9 Å². The topological polar surface area (TPSA) is 20.3 Å². The van der Waals surface area contributed by atoms with E-state index in [4.69, 9.17) is 0 Å². The zero-order chi connectivity index (χ0) is 17.9. The molecule has 1 aromatic rings. The number of benzene rings is 1. The summed E-state index contributed by atoms with van der Waals surface area (Å²) >= 11 is 3.31. The number of carbonyl (C=O) groups is 1. The van der Waals surface area contributed by atoms with E-state index in [0.717, 1.165) is 10.0 Å². The van der Waals surface area contributed by atoms with Gasteiger partial charge in [0.2, 0.25) is 0 Å². The number of carbonyl (C=O) groups excluding carboxylic acids is 1. The van der Waals surface area contributed by atoms with Gasteiger partial charge in [0, 0.05) is 28.2 Å². The van der Waals surface area contributed by atoms with E-state index >= 15 is 0 Å². The first-order chi connectivity index (χ1) is 10.4. The van der Waals surface area contributed by atoms with Crippen molar-refractivity contribution in [1.29, 1.82) is 0 Å². The quantitative estimate of drug-likeness (QED) is 0.487. The van der Waals surface area contributed by atoms with Crippen LogP contribution < -0.4 is 0 Å². The molecule has 0 aliphatic carbocycles. The molecule has 6 heteroatoms. The summed E-state index contributed by atoms with van der Waals surface area (Å²) in [4.78, 5) is 13.5. The summed E-state index contributed by atoms with van der Waals surface area (Å²) in [7, 11) is 0. The first kappa shape index (κ1) is 19.7. The fourth-order valence-electron chi connectivity index (χ4n) is 2.46. The van der Waals surface area contributed by atoms with Crippen LogP contribution in [0, 0.1) is 6.92 Å². The maximum Gasteiger partial charge on any atom is 0.431 e. The number of allylic oxidation sites excluding steroid dienone is 2. The Balaban J connectivity index is 3.33. The molecule has 0 atom stereocenters. The predicted molar refractivity (Wildman–Crippen MR) is 89.5 cm³/mol. The van der Waals surface area contributed by atoms with Crippen LogP contribution in [0.15, 0.2) is 34.4 Å². The molecular weight excluding hydrogens is 371 g/mol. The number of rotatable bonds is 5. The highest BCUT2D eigenvalue weighted by Crippen LogP contribution is 2.32. The van der Waals surface area contributed by atoms with Crippen molar-refractivity contribution in [1.82, 2.24) is 4.90 Å². The molecular formula is C17H21BrF3NO. The lowest BCUT2D eigenvalue weighted by Gasteiger charge is -2.35. The van der Waals surface area contributed by atoms with Gasteiger partial charge in [0.15, 0.2) is 5.78 Å². The number of ketones is 1. The van der Waals surface area contributed by atoms with Crippen molar-refractivity contribution < 1.29 is 18.0 Å². The van der Waals surface area contributed by atoms with E-state index in [9.17, 15) is 18.0 Å². The summed E-state index contributed by atoms with van der Waals surface area (Å²) < 4.78 is 41.1. The Hall–Kier alpha value is -1.30. The van der Waals surface area contributed by atoms with Crippen molar-refractivity contribution in [2.24, 2.45) is 0 Å². The molecule has 0 saturated heterocycles. The van der Waals surface area contributed by atoms with Gasteiger partial charge in [0.25, 0.3) is 0 Å². The van der Waals surface area contributed by atoms with Crippen molar-refractivity contribution in [3.63, 3.8) is 0 Å². The third-order valence-corrected chi connectivity index (χ3v) is 4.28. The van der Waals surface area contributed by atoms with E-state index in [-0.39, 0.29) is 17.6 Å². The molecule has 0 fully saturated rings. The number of aryl methyl sites for hydroxylation is 1. The minimum atomic E-state index is -4.59. The van der Waals surface area contributed by atoms with Crippen molar-refractivity contribution in [3.05, 3.63) is 45.6 Å². The van der Waals surface area contributed by atoms with Gasteiger partial charge in [-0.1, -0.05) is 15.9 Å². The summed E-state index contributed by atoms with van der Waals surface area (Å²) in [5.74, 6) is -0.653. The van der Waals surface area contributed by atoms with Crippen LogP contribution in [-0.4, -0.2) is 28.9 Å². The number of hydrogen-bond acceptors (Lipinski definition) is 2. The van der Waals surface area contributed by atoms with Gasteiger partial charge in [-0.2, -0.15) is 13.2 Å². The molecule has 1 rings (SSSR count). The molecule has 0 heterocycles. The number of halogens is 4. The van der Waals surface area contributed by atoms with Gasteiger partial charge in [0.1, 0.15) is 5.70 Å². The minimum Gasteiger partial charge on any atom is -0.363 e. The highest BCUT2D eigenvalue weighted by Gasteiger charge is 2.40. The summed E-state index contributed by atoms with van der Waals surface area (Å²) in [6.07, 6.45) is -3.89. The molecule has 23 heavy (non-hydrogen) atoms. The van der Waals surface area contributed by atoms with E-state index in [2.05, 4.69) is 15.9 Å². The van der Waals surface area contributed by atoms with Crippen molar-refractivity contribution >= 4 is 21.7 Å². The Labute approximate surface area is 143 Å². The van der Waals surface area contributed by atoms with Gasteiger partial charge in [-0.15, -0.1) is 0 Å². The van der Waals surface area contributed by atoms with Gasteiger partial charge in [-0.05, 0) is 58.4 Å². The molecule has 2 nitrogen and oxygen atoms in total. The average Bonchev–Trinajstić information content (AvgIpc) is 2.39. The summed E-state index contributed by atoms with van der Waals surface area (Å²) in [6.45, 7) is 8.48. The molecule has 0 unspecified atom stereocenters. The lowest BCUT2D eigenvalue weighted by molar-refractivity contribution is -0.117. The van der Waals surface area contributed by atoms with Crippen LogP contribution in [-0.2, 0) is 0 Å². The molecule has 0 N–H and O–H groups in total. The molecule has 0 saturated carbocycles. The minimum absolute atomic E-state index is 0.236. The SMILES string of the molecule is Cc1cc(C(=O)/C=C(\N(C(C)C)C(C)C)C(F)(F)F)ccc1Br. The van der Waals surface area contributed by atoms with Crippen LogP contribution in [0.3, 0.4) is 0 Å². The van der Waals surface area contributed by atoms with E-state index < -0.39 is 17.7 Å². The van der Waals surface area contributed by atoms with Crippen LogP contribution >= 0.6 is 15.9 Å². The monoisotopic (exact) mass is 391 g/mol. The lowest BCUT2D eigenvalue weighted by Crippen LogP contribution is -2.41. The van der Waals surface area contributed by atoms with Crippen molar-refractivity contribution in [2.75, 3.05) is 0 Å². The predicted octanol–water partition coefficient (Wildman–Crippen LogP) is 5.51. The van der Waals surface area contributed by atoms with Gasteiger partial charge < -0.3 is 4.90 Å². The zero-order valence-electron chi connectivity index (χ0n) is 13.8. The normalized spacial score (nSPS) is 12.9. The molecule has 0 spiro atoms. The van der Waals surface area contributed by atoms with Gasteiger partial charge in [-0.25, -0.2) is 0 Å². The smallest absolute Gasteiger partial charge is 0.363 e. The second-order valence-electron chi connectivity index (χ2n) is 5.95. The van der Waals surface area contributed by atoms with E-state index in [0.29, 0.717) is 6.08 Å². The Morgan fingerprint density at radius 2 is 1.70 bits per heavy atom. The van der Waals surface area contributed by atoms with Crippen LogP contribution in [0.4, 0.5) is 13.2 Å². The molecule has 0 aliphatic heterocycles. The van der Waals surface area contributed by atoms with Gasteiger partial charge in [0.05, 0.1) is 0 Å². The Bertz CT molecular complexity index is 598. The summed E-state index contributed by atoms with van der Waals surface area (Å²) in [6, 6.07) is 4.00. The van der Waals surface area contributed by atoms with Crippen LogP contribution in [0.2, 0.25) is 0 Å². The van der Waals surface area contributed by atoms with Crippen LogP contribution in [0.1, 0.15) is 43.6 Å². The zero-order valence-corrected chi connectivity index (χ0v) is 15.4. The van der Waals surface area contributed by atoms with Gasteiger partial charge >= 0.3 is 6.18 Å². The molecule has 0 amide bonds. The number of nitrogens with zero attached hydrogens (tertiary/aromatic N) is 1. The maximum atomic E-state index is 13.4. The largest absolute Gasteiger partial charge is 0.431 e. The standard InChI is InChI=1S/C17H21BrF3NO/c1-10(2)22(11(3)4)16(17(19,20)21)9-15(23)13-6-7-14(18)12(5)8-13/h6-11H,1-5H3/b16-9-. The number of alkyl halides is 3. The Morgan fingerprint density at radius 3 is 2.09 bits per heavy atom. The Morgan fingerprint density at radius 1 is 1.17 bits per heavy atom. The second-order valence-corrected chi connectivity index (χ2v) is 6.80. The molecule has 0 radical (unpaired) electrons. The fourth-order valence-corrected chi connectivity index (χ4v) is 2.71. The van der Waals surface area contributed by atoms with Crippen molar-refractivity contribution in [3.8, 4) is 0 Å².